The van der Waals surface area contributed by atoms with Crippen LogP contribution < -0.4 is 15.4 Å². The van der Waals surface area contributed by atoms with Crippen molar-refractivity contribution in [3.63, 3.8) is 0 Å². The molecule has 0 spiro atoms. The molecule has 7 nitrogen and oxygen atoms in total. The van der Waals surface area contributed by atoms with Gasteiger partial charge in [0.1, 0.15) is 18.0 Å². The zero-order valence-electron chi connectivity index (χ0n) is 24.3. The van der Waals surface area contributed by atoms with Crippen molar-refractivity contribution < 1.29 is 58.9 Å². The predicted octanol–water partition coefficient (Wildman–Crippen LogP) is 7.64. The molecular formula is C30H28F9N3O4. The van der Waals surface area contributed by atoms with Crippen molar-refractivity contribution in [1.82, 2.24) is 4.98 Å². The lowest BCUT2D eigenvalue weighted by atomic mass is 9.75. The van der Waals surface area contributed by atoms with Crippen molar-refractivity contribution in [2.24, 2.45) is 5.73 Å². The highest BCUT2D eigenvalue weighted by molar-refractivity contribution is 5.90. The number of carbonyl (C=O) groups is 1. The summed E-state index contributed by atoms with van der Waals surface area (Å²) in [5.41, 5.74) is 0.129. The fourth-order valence-corrected chi connectivity index (χ4v) is 5.56. The Bertz CT molecular complexity index is 1560. The lowest BCUT2D eigenvalue weighted by Crippen LogP contribution is -2.64. The van der Waals surface area contributed by atoms with Crippen molar-refractivity contribution in [2.75, 3.05) is 25.2 Å². The molecule has 1 aliphatic heterocycles. The summed E-state index contributed by atoms with van der Waals surface area (Å²) in [7, 11) is 1.40. The average molecular weight is 666 g/mol. The van der Waals surface area contributed by atoms with E-state index in [1.807, 2.05) is 0 Å². The van der Waals surface area contributed by atoms with E-state index in [1.54, 1.807) is 0 Å². The molecule has 2 unspecified atom stereocenters. The van der Waals surface area contributed by atoms with Gasteiger partial charge in [0.25, 0.3) is 0 Å². The summed E-state index contributed by atoms with van der Waals surface area (Å²) < 4.78 is 133. The zero-order chi connectivity index (χ0) is 34.2. The molecule has 0 saturated heterocycles. The van der Waals surface area contributed by atoms with Crippen LogP contribution in [0.15, 0.2) is 48.7 Å². The summed E-state index contributed by atoms with van der Waals surface area (Å²) in [4.78, 5) is 17.6. The third-order valence-corrected chi connectivity index (χ3v) is 7.75. The number of hydrogen-bond acceptors (Lipinski definition) is 5. The first-order chi connectivity index (χ1) is 21.3. The van der Waals surface area contributed by atoms with E-state index in [0.29, 0.717) is 18.2 Å². The number of methoxy groups -OCH3 is 1. The molecule has 2 heterocycles. The van der Waals surface area contributed by atoms with Gasteiger partial charge in [0.2, 0.25) is 0 Å². The molecule has 2 atom stereocenters. The molecule has 0 radical (unpaired) electrons. The maximum absolute atomic E-state index is 13.6. The Morgan fingerprint density at radius 1 is 0.957 bits per heavy atom. The number of rotatable bonds is 8. The minimum Gasteiger partial charge on any atom is -0.490 e. The van der Waals surface area contributed by atoms with Gasteiger partial charge in [-0.15, -0.1) is 0 Å². The molecule has 3 N–H and O–H groups in total. The van der Waals surface area contributed by atoms with Crippen molar-refractivity contribution in [3.05, 3.63) is 87.7 Å². The topological polar surface area (TPSA) is 97.9 Å². The second kappa shape index (κ2) is 12.6. The summed E-state index contributed by atoms with van der Waals surface area (Å²) in [5, 5.41) is 10.2. The van der Waals surface area contributed by atoms with Crippen molar-refractivity contribution >= 4 is 11.8 Å². The number of pyridine rings is 1. The number of halogens is 9. The molecule has 1 aliphatic rings. The second-order valence-electron chi connectivity index (χ2n) is 10.7. The van der Waals surface area contributed by atoms with Crippen LogP contribution in [0.5, 0.6) is 5.75 Å². The van der Waals surface area contributed by atoms with Gasteiger partial charge in [-0.1, -0.05) is 6.92 Å². The minimum atomic E-state index is -5.12. The molecule has 0 fully saturated rings. The highest BCUT2D eigenvalue weighted by Crippen LogP contribution is 2.47. The third kappa shape index (κ3) is 7.17. The number of anilines is 1. The molecular weight excluding hydrogens is 637 g/mol. The van der Waals surface area contributed by atoms with Crippen LogP contribution in [0, 0.1) is 0 Å². The largest absolute Gasteiger partial charge is 0.490 e. The van der Waals surface area contributed by atoms with E-state index in [1.165, 1.54) is 26.3 Å². The molecule has 3 aromatic rings. The molecule has 16 heteroatoms. The van der Waals surface area contributed by atoms with E-state index in [4.69, 9.17) is 15.2 Å². The van der Waals surface area contributed by atoms with Crippen LogP contribution in [0.4, 0.5) is 50.0 Å². The van der Waals surface area contributed by atoms with Crippen LogP contribution in [0.3, 0.4) is 0 Å². The van der Waals surface area contributed by atoms with Crippen LogP contribution in [0.25, 0.3) is 0 Å². The number of benzene rings is 2. The Balaban J connectivity index is 1.93. The summed E-state index contributed by atoms with van der Waals surface area (Å²) >= 11 is 0. The Morgan fingerprint density at radius 3 is 2.09 bits per heavy atom. The fourth-order valence-electron chi connectivity index (χ4n) is 5.56. The summed E-state index contributed by atoms with van der Waals surface area (Å²) in [6.07, 6.45) is -16.4. The van der Waals surface area contributed by atoms with E-state index < -0.39 is 64.9 Å². The van der Waals surface area contributed by atoms with Crippen LogP contribution in [-0.4, -0.2) is 42.2 Å². The van der Waals surface area contributed by atoms with E-state index in [2.05, 4.69) is 4.98 Å². The number of fused-ring (bicyclic) bond motifs is 1. The summed E-state index contributed by atoms with van der Waals surface area (Å²) in [5.74, 6) is -1.14. The van der Waals surface area contributed by atoms with Crippen LogP contribution in [-0.2, 0) is 36.1 Å². The fraction of sp³-hybridized carbons (Fsp3) is 0.400. The molecule has 0 saturated carbocycles. The highest BCUT2D eigenvalue weighted by Gasteiger charge is 2.50. The van der Waals surface area contributed by atoms with Gasteiger partial charge >= 0.3 is 24.6 Å². The SMILES string of the molecule is CCC1(N)C(c2ncc(OCCOC)cc2Cc2cc(C(F)(F)F)cc(C(F)(F)F)c2)Cc2cc(C(F)(F)F)ccc2N1C(=O)O. The number of nitrogens with two attached hydrogens (primary N) is 1. The van der Waals surface area contributed by atoms with E-state index in [-0.39, 0.29) is 60.4 Å². The first kappa shape index (κ1) is 34.8. The third-order valence-electron chi connectivity index (χ3n) is 7.75. The van der Waals surface area contributed by atoms with Gasteiger partial charge in [-0.25, -0.2) is 4.79 Å². The smallest absolute Gasteiger partial charge is 0.416 e. The molecule has 1 amide bonds. The van der Waals surface area contributed by atoms with Gasteiger partial charge in [-0.3, -0.25) is 9.88 Å². The van der Waals surface area contributed by atoms with Gasteiger partial charge in [-0.05, 0) is 78.4 Å². The van der Waals surface area contributed by atoms with Crippen LogP contribution >= 0.6 is 0 Å². The van der Waals surface area contributed by atoms with Gasteiger partial charge in [0, 0.05) is 13.0 Å². The Hall–Kier alpha value is -4.05. The number of aromatic nitrogens is 1. The number of amides is 1. The Kier molecular flexibility index (Phi) is 9.56. The van der Waals surface area contributed by atoms with E-state index >= 15 is 0 Å². The van der Waals surface area contributed by atoms with Crippen molar-refractivity contribution in [1.29, 1.82) is 0 Å². The molecule has 2 aromatic carbocycles. The van der Waals surface area contributed by atoms with Gasteiger partial charge in [-0.2, -0.15) is 39.5 Å². The predicted molar refractivity (Wildman–Crippen MR) is 146 cm³/mol. The van der Waals surface area contributed by atoms with Crippen molar-refractivity contribution in [3.8, 4) is 5.75 Å². The van der Waals surface area contributed by atoms with Gasteiger partial charge in [0.15, 0.2) is 0 Å². The molecule has 250 valence electrons. The monoisotopic (exact) mass is 665 g/mol. The van der Waals surface area contributed by atoms with Crippen LogP contribution in [0.2, 0.25) is 0 Å². The number of hydrogen-bond donors (Lipinski definition) is 2. The number of ether oxygens (including phenoxy) is 2. The normalized spacial score (nSPS) is 18.8. The van der Waals surface area contributed by atoms with Gasteiger partial charge < -0.3 is 20.3 Å². The van der Waals surface area contributed by atoms with E-state index in [0.717, 1.165) is 17.0 Å². The maximum atomic E-state index is 13.6. The summed E-state index contributed by atoms with van der Waals surface area (Å²) in [6, 6.07) is 4.86. The highest BCUT2D eigenvalue weighted by atomic mass is 19.4. The number of alkyl halides is 9. The quantitative estimate of drug-likeness (QED) is 0.190. The van der Waals surface area contributed by atoms with Gasteiger partial charge in [0.05, 0.1) is 40.9 Å². The molecule has 4 rings (SSSR count). The lowest BCUT2D eigenvalue weighted by molar-refractivity contribution is -0.143. The summed E-state index contributed by atoms with van der Waals surface area (Å²) in [6.45, 7) is 1.65. The Morgan fingerprint density at radius 2 is 1.57 bits per heavy atom. The molecule has 46 heavy (non-hydrogen) atoms. The first-order valence-corrected chi connectivity index (χ1v) is 13.7. The van der Waals surface area contributed by atoms with E-state index in [9.17, 15) is 49.4 Å². The number of nitrogens with zero attached hydrogens (tertiary/aromatic N) is 2. The Labute approximate surface area is 256 Å². The lowest BCUT2D eigenvalue weighted by Gasteiger charge is -2.48. The minimum absolute atomic E-state index is 0.00164. The molecule has 0 bridgehead atoms. The van der Waals surface area contributed by atoms with Crippen molar-refractivity contribution in [2.45, 2.75) is 56.3 Å². The number of carboxylic acid groups (broad SMARTS) is 1. The second-order valence-corrected chi connectivity index (χ2v) is 10.7. The average Bonchev–Trinajstić information content (AvgIpc) is 2.95. The maximum Gasteiger partial charge on any atom is 0.416 e. The van der Waals surface area contributed by atoms with Crippen LogP contribution in [0.1, 0.15) is 58.3 Å². The first-order valence-electron chi connectivity index (χ1n) is 13.7. The standard InChI is InChI=1S/C30H28F9N3O4/c1-3-27(40)23(13-17-11-19(28(31,32)33)4-5-24(17)42(27)26(43)44)25-18(12-22(15-41-25)46-7-6-45-2)8-16-9-20(29(34,35)36)14-21(10-16)30(37,38)39/h4-5,9-12,14-15,23H,3,6-8,13,40H2,1-2H3,(H,43,44). The molecule has 1 aromatic heterocycles. The zero-order valence-corrected chi connectivity index (χ0v) is 24.3. The molecule has 0 aliphatic carbocycles.